The van der Waals surface area contributed by atoms with Gasteiger partial charge in [0.1, 0.15) is 19.0 Å². The van der Waals surface area contributed by atoms with E-state index in [9.17, 15) is 18.0 Å². The Bertz CT molecular complexity index is 515. The van der Waals surface area contributed by atoms with E-state index in [1.807, 2.05) is 0 Å². The fourth-order valence-corrected chi connectivity index (χ4v) is 1.55. The van der Waals surface area contributed by atoms with Crippen LogP contribution in [0.15, 0.2) is 24.3 Å². The topological polar surface area (TPSA) is 55.8 Å². The van der Waals surface area contributed by atoms with Gasteiger partial charge in [-0.15, -0.1) is 0 Å². The number of aliphatic carboxylic acids is 1. The summed E-state index contributed by atoms with van der Waals surface area (Å²) in [6, 6.07) is 4.54. The molecule has 116 valence electrons. The molecule has 0 fully saturated rings. The van der Waals surface area contributed by atoms with Gasteiger partial charge in [0.2, 0.25) is 0 Å². The van der Waals surface area contributed by atoms with E-state index in [-0.39, 0.29) is 24.0 Å². The highest BCUT2D eigenvalue weighted by atomic mass is 35.5. The monoisotopic (exact) mass is 324 g/mol. The molecule has 0 unspecified atom stereocenters. The summed E-state index contributed by atoms with van der Waals surface area (Å²) in [7, 11) is 0. The Kier molecular flexibility index (Phi) is 6.51. The normalized spacial score (nSPS) is 11.8. The lowest BCUT2D eigenvalue weighted by molar-refractivity contribution is -0.175. The van der Waals surface area contributed by atoms with Crippen molar-refractivity contribution in [2.45, 2.75) is 6.18 Å². The standard InChI is InChI=1S/C13H12ClF3O4/c14-10-7-9(2-4-12(18)19)1-3-11(10)21-6-5-20-8-13(15,16)17/h1-4,7H,5-6,8H2,(H,18,19). The van der Waals surface area contributed by atoms with Gasteiger partial charge in [0, 0.05) is 6.08 Å². The summed E-state index contributed by atoms with van der Waals surface area (Å²) in [4.78, 5) is 10.4. The molecule has 0 aliphatic heterocycles. The van der Waals surface area contributed by atoms with Crippen LogP contribution in [0.5, 0.6) is 5.75 Å². The number of rotatable bonds is 7. The van der Waals surface area contributed by atoms with Crippen LogP contribution in [0.3, 0.4) is 0 Å². The summed E-state index contributed by atoms with van der Waals surface area (Å²) in [5.74, 6) is -0.812. The predicted octanol–water partition coefficient (Wildman–Crippen LogP) is 3.40. The lowest BCUT2D eigenvalue weighted by atomic mass is 10.2. The number of carbonyl (C=O) groups is 1. The minimum absolute atomic E-state index is 0.0832. The molecule has 0 aliphatic rings. The van der Waals surface area contributed by atoms with Crippen molar-refractivity contribution in [1.29, 1.82) is 0 Å². The minimum atomic E-state index is -4.37. The van der Waals surface area contributed by atoms with E-state index >= 15 is 0 Å². The molecule has 0 radical (unpaired) electrons. The van der Waals surface area contributed by atoms with Crippen molar-refractivity contribution in [3.63, 3.8) is 0 Å². The van der Waals surface area contributed by atoms with E-state index in [4.69, 9.17) is 21.4 Å². The fourth-order valence-electron chi connectivity index (χ4n) is 1.30. The van der Waals surface area contributed by atoms with Gasteiger partial charge in [-0.25, -0.2) is 4.79 Å². The SMILES string of the molecule is O=C(O)C=Cc1ccc(OCCOCC(F)(F)F)c(Cl)c1. The van der Waals surface area contributed by atoms with Crippen LogP contribution in [-0.4, -0.2) is 37.1 Å². The van der Waals surface area contributed by atoms with Gasteiger partial charge in [-0.05, 0) is 23.8 Å². The number of halogens is 4. The molecule has 0 spiro atoms. The third-order valence-corrected chi connectivity index (χ3v) is 2.42. The molecule has 1 aromatic rings. The quantitative estimate of drug-likeness (QED) is 0.617. The molecule has 1 N–H and O–H groups in total. The maximum atomic E-state index is 11.8. The first-order valence-electron chi connectivity index (χ1n) is 5.76. The zero-order valence-corrected chi connectivity index (χ0v) is 11.4. The maximum absolute atomic E-state index is 11.8. The molecule has 1 aromatic carbocycles. The van der Waals surface area contributed by atoms with Crippen LogP contribution in [0.4, 0.5) is 13.2 Å². The smallest absolute Gasteiger partial charge is 0.411 e. The van der Waals surface area contributed by atoms with Crippen LogP contribution in [0, 0.1) is 0 Å². The van der Waals surface area contributed by atoms with Crippen LogP contribution in [0.2, 0.25) is 5.02 Å². The van der Waals surface area contributed by atoms with Crippen molar-refractivity contribution in [3.8, 4) is 5.75 Å². The Labute approximate surface area is 123 Å². The largest absolute Gasteiger partial charge is 0.490 e. The zero-order chi connectivity index (χ0) is 15.9. The molecule has 0 aromatic heterocycles. The second kappa shape index (κ2) is 7.90. The summed E-state index contributed by atoms with van der Waals surface area (Å²) in [5, 5.41) is 8.70. The zero-order valence-electron chi connectivity index (χ0n) is 10.7. The molecule has 4 nitrogen and oxygen atoms in total. The van der Waals surface area contributed by atoms with Gasteiger partial charge in [-0.3, -0.25) is 0 Å². The molecule has 0 amide bonds. The Balaban J connectivity index is 2.44. The Hall–Kier alpha value is -1.73. The van der Waals surface area contributed by atoms with Gasteiger partial charge < -0.3 is 14.6 Å². The summed E-state index contributed by atoms with van der Waals surface area (Å²) >= 11 is 5.90. The van der Waals surface area contributed by atoms with Gasteiger partial charge >= 0.3 is 12.1 Å². The number of carboxylic acids is 1. The van der Waals surface area contributed by atoms with E-state index in [1.165, 1.54) is 18.2 Å². The van der Waals surface area contributed by atoms with E-state index < -0.39 is 18.8 Å². The molecular formula is C13H12ClF3O4. The third kappa shape index (κ3) is 7.57. The number of hydrogen-bond donors (Lipinski definition) is 1. The number of carboxylic acid groups (broad SMARTS) is 1. The number of alkyl halides is 3. The molecule has 0 aliphatic carbocycles. The summed E-state index contributed by atoms with van der Waals surface area (Å²) in [5.41, 5.74) is 0.558. The van der Waals surface area contributed by atoms with Crippen molar-refractivity contribution in [3.05, 3.63) is 34.9 Å². The first-order chi connectivity index (χ1) is 9.78. The second-order valence-corrected chi connectivity index (χ2v) is 4.28. The first-order valence-corrected chi connectivity index (χ1v) is 6.13. The molecule has 1 rings (SSSR count). The summed E-state index contributed by atoms with van der Waals surface area (Å²) in [6.45, 7) is -1.64. The molecule has 21 heavy (non-hydrogen) atoms. The average molecular weight is 325 g/mol. The van der Waals surface area contributed by atoms with Gasteiger partial charge in [-0.1, -0.05) is 17.7 Å². The third-order valence-electron chi connectivity index (χ3n) is 2.13. The van der Waals surface area contributed by atoms with Crippen molar-refractivity contribution >= 4 is 23.6 Å². The number of ether oxygens (including phenoxy) is 2. The summed E-state index contributed by atoms with van der Waals surface area (Å²) < 4.78 is 45.0. The minimum Gasteiger partial charge on any atom is -0.490 e. The Morgan fingerprint density at radius 3 is 2.62 bits per heavy atom. The van der Waals surface area contributed by atoms with E-state index in [0.717, 1.165) is 6.08 Å². The van der Waals surface area contributed by atoms with Crippen molar-refractivity contribution in [2.75, 3.05) is 19.8 Å². The first kappa shape index (κ1) is 17.3. The molecule has 0 saturated heterocycles. The van der Waals surface area contributed by atoms with Gasteiger partial charge in [0.25, 0.3) is 0 Å². The second-order valence-electron chi connectivity index (χ2n) is 3.88. The van der Waals surface area contributed by atoms with Crippen LogP contribution < -0.4 is 4.74 Å². The average Bonchev–Trinajstić information content (AvgIpc) is 2.36. The number of benzene rings is 1. The molecule has 0 bridgehead atoms. The van der Waals surface area contributed by atoms with E-state index in [1.54, 1.807) is 6.07 Å². The summed E-state index contributed by atoms with van der Waals surface area (Å²) in [6.07, 6.45) is -2.06. The maximum Gasteiger partial charge on any atom is 0.411 e. The highest BCUT2D eigenvalue weighted by Crippen LogP contribution is 2.26. The van der Waals surface area contributed by atoms with Crippen molar-refractivity contribution in [1.82, 2.24) is 0 Å². The molecular weight excluding hydrogens is 313 g/mol. The molecule has 0 heterocycles. The highest BCUT2D eigenvalue weighted by molar-refractivity contribution is 6.32. The highest BCUT2D eigenvalue weighted by Gasteiger charge is 2.27. The predicted molar refractivity (Wildman–Crippen MR) is 70.5 cm³/mol. The van der Waals surface area contributed by atoms with Gasteiger partial charge in [-0.2, -0.15) is 13.2 Å². The van der Waals surface area contributed by atoms with Gasteiger partial charge in [0.15, 0.2) is 0 Å². The van der Waals surface area contributed by atoms with Crippen molar-refractivity contribution < 1.29 is 32.5 Å². The van der Waals surface area contributed by atoms with Gasteiger partial charge in [0.05, 0.1) is 11.6 Å². The molecule has 0 atom stereocenters. The van der Waals surface area contributed by atoms with Crippen LogP contribution in [0.1, 0.15) is 5.56 Å². The Morgan fingerprint density at radius 1 is 1.33 bits per heavy atom. The Morgan fingerprint density at radius 2 is 2.05 bits per heavy atom. The molecule has 8 heteroatoms. The van der Waals surface area contributed by atoms with Crippen LogP contribution in [-0.2, 0) is 9.53 Å². The lowest BCUT2D eigenvalue weighted by Gasteiger charge is -2.10. The number of hydrogen-bond acceptors (Lipinski definition) is 3. The van der Waals surface area contributed by atoms with E-state index in [2.05, 4.69) is 4.74 Å². The van der Waals surface area contributed by atoms with E-state index in [0.29, 0.717) is 5.56 Å². The van der Waals surface area contributed by atoms with Crippen molar-refractivity contribution in [2.24, 2.45) is 0 Å². The van der Waals surface area contributed by atoms with Crippen LogP contribution in [0.25, 0.3) is 6.08 Å². The molecule has 0 saturated carbocycles. The lowest BCUT2D eigenvalue weighted by Crippen LogP contribution is -2.19. The van der Waals surface area contributed by atoms with Crippen LogP contribution >= 0.6 is 11.6 Å². The fraction of sp³-hybridized carbons (Fsp3) is 0.308.